The lowest BCUT2D eigenvalue weighted by Gasteiger charge is -2.37. The Kier molecular flexibility index (Phi) is 4.54. The molecule has 0 fully saturated rings. The van der Waals surface area contributed by atoms with Gasteiger partial charge >= 0.3 is 7.48 Å². The minimum atomic E-state index is -0.953. The number of hydrogen-bond donors (Lipinski definition) is 2. The molecule has 0 saturated heterocycles. The molecule has 5 nitrogen and oxygen atoms in total. The van der Waals surface area contributed by atoms with Crippen molar-refractivity contribution in [3.05, 3.63) is 23.3 Å². The van der Waals surface area contributed by atoms with Gasteiger partial charge in [-0.3, -0.25) is 4.79 Å². The van der Waals surface area contributed by atoms with E-state index in [1.54, 1.807) is 21.0 Å². The van der Waals surface area contributed by atoms with Crippen molar-refractivity contribution in [2.75, 3.05) is 13.7 Å². The van der Waals surface area contributed by atoms with Crippen molar-refractivity contribution in [2.45, 2.75) is 45.3 Å². The maximum absolute atomic E-state index is 12.0. The largest absolute Gasteiger partial charge is 0.496 e. The first-order valence-electron chi connectivity index (χ1n) is 7.50. The number of carbonyl (C=O) groups is 1. The molecular formula is C16H24BNO4. The minimum Gasteiger partial charge on any atom is -0.496 e. The van der Waals surface area contributed by atoms with Gasteiger partial charge in [-0.1, -0.05) is 6.07 Å². The van der Waals surface area contributed by atoms with E-state index in [0.717, 1.165) is 17.4 Å². The Morgan fingerprint density at radius 2 is 1.95 bits per heavy atom. The Balaban J connectivity index is 2.25. The molecule has 1 heterocycles. The van der Waals surface area contributed by atoms with E-state index in [4.69, 9.17) is 9.39 Å². The SMILES string of the molecule is COc1cc(BOC(C)(C)C(C)(C)O)cc2c1C(=O)NCC2. The van der Waals surface area contributed by atoms with E-state index in [9.17, 15) is 9.90 Å². The molecule has 2 N–H and O–H groups in total. The third-order valence-electron chi connectivity index (χ3n) is 4.44. The van der Waals surface area contributed by atoms with Gasteiger partial charge in [0.05, 0.1) is 23.9 Å². The minimum absolute atomic E-state index is 0.0950. The van der Waals surface area contributed by atoms with Gasteiger partial charge in [0.15, 0.2) is 0 Å². The predicted octanol–water partition coefficient (Wildman–Crippen LogP) is 0.524. The van der Waals surface area contributed by atoms with Crippen LogP contribution in [0.1, 0.15) is 43.6 Å². The maximum atomic E-state index is 12.0. The molecule has 1 aromatic rings. The summed E-state index contributed by atoms with van der Waals surface area (Å²) in [7, 11) is 1.91. The topological polar surface area (TPSA) is 67.8 Å². The lowest BCUT2D eigenvalue weighted by molar-refractivity contribution is -0.0893. The average molecular weight is 305 g/mol. The first-order chi connectivity index (χ1) is 10.2. The van der Waals surface area contributed by atoms with Gasteiger partial charge in [0.1, 0.15) is 5.75 Å². The number of rotatable bonds is 5. The van der Waals surface area contributed by atoms with Crippen LogP contribution < -0.4 is 15.5 Å². The van der Waals surface area contributed by atoms with Crippen molar-refractivity contribution in [1.82, 2.24) is 5.32 Å². The van der Waals surface area contributed by atoms with Gasteiger partial charge in [-0.2, -0.15) is 0 Å². The fraction of sp³-hybridized carbons (Fsp3) is 0.562. The summed E-state index contributed by atoms with van der Waals surface area (Å²) in [4.78, 5) is 12.0. The van der Waals surface area contributed by atoms with Crippen LogP contribution >= 0.6 is 0 Å². The van der Waals surface area contributed by atoms with Crippen molar-refractivity contribution < 1.29 is 19.3 Å². The van der Waals surface area contributed by atoms with Gasteiger partial charge in [0, 0.05) is 6.54 Å². The summed E-state index contributed by atoms with van der Waals surface area (Å²) in [5.74, 6) is 0.469. The van der Waals surface area contributed by atoms with Crippen LogP contribution in [-0.2, 0) is 11.1 Å². The number of ether oxygens (including phenoxy) is 1. The molecule has 1 amide bonds. The highest BCUT2D eigenvalue weighted by Gasteiger charge is 2.35. The van der Waals surface area contributed by atoms with E-state index >= 15 is 0 Å². The Labute approximate surface area is 132 Å². The molecule has 0 unspecified atom stereocenters. The number of benzene rings is 1. The van der Waals surface area contributed by atoms with E-state index in [0.29, 0.717) is 25.3 Å². The molecule has 6 heteroatoms. The van der Waals surface area contributed by atoms with Gasteiger partial charge in [-0.05, 0) is 51.2 Å². The fourth-order valence-electron chi connectivity index (χ4n) is 2.28. The molecule has 22 heavy (non-hydrogen) atoms. The van der Waals surface area contributed by atoms with Gasteiger partial charge in [-0.15, -0.1) is 0 Å². The molecule has 1 aliphatic rings. The summed E-state index contributed by atoms with van der Waals surface area (Å²) in [6, 6.07) is 3.81. The number of carbonyl (C=O) groups excluding carboxylic acids is 1. The molecule has 0 saturated carbocycles. The lowest BCUT2D eigenvalue weighted by Crippen LogP contribution is -2.49. The zero-order valence-corrected chi connectivity index (χ0v) is 13.9. The Morgan fingerprint density at radius 3 is 2.55 bits per heavy atom. The molecule has 0 atom stereocenters. The summed E-state index contributed by atoms with van der Waals surface area (Å²) in [5, 5.41) is 13.0. The van der Waals surface area contributed by atoms with Crippen molar-refractivity contribution in [2.24, 2.45) is 0 Å². The van der Waals surface area contributed by atoms with E-state index in [-0.39, 0.29) is 5.91 Å². The number of fused-ring (bicyclic) bond motifs is 1. The normalized spacial score (nSPS) is 15.1. The molecule has 1 aliphatic heterocycles. The molecule has 1 aromatic carbocycles. The molecular weight excluding hydrogens is 281 g/mol. The van der Waals surface area contributed by atoms with E-state index < -0.39 is 11.2 Å². The van der Waals surface area contributed by atoms with Crippen molar-refractivity contribution in [3.8, 4) is 5.75 Å². The molecule has 120 valence electrons. The highest BCUT2D eigenvalue weighted by molar-refractivity contribution is 6.47. The Morgan fingerprint density at radius 1 is 1.27 bits per heavy atom. The summed E-state index contributed by atoms with van der Waals surface area (Å²) in [6.45, 7) is 7.80. The van der Waals surface area contributed by atoms with Crippen LogP contribution in [0.3, 0.4) is 0 Å². The number of hydrogen-bond acceptors (Lipinski definition) is 4. The Bertz CT molecular complexity index is 561. The molecule has 0 spiro atoms. The van der Waals surface area contributed by atoms with Crippen LogP contribution in [0.2, 0.25) is 0 Å². The summed E-state index contributed by atoms with van der Waals surface area (Å²) in [5.41, 5.74) is 0.878. The number of methoxy groups -OCH3 is 1. The zero-order valence-electron chi connectivity index (χ0n) is 13.9. The second-order valence-electron chi connectivity index (χ2n) is 6.70. The van der Waals surface area contributed by atoms with Crippen LogP contribution in [0.4, 0.5) is 0 Å². The van der Waals surface area contributed by atoms with Gasteiger partial charge in [0.2, 0.25) is 0 Å². The second kappa shape index (κ2) is 5.93. The van der Waals surface area contributed by atoms with Gasteiger partial charge in [-0.25, -0.2) is 0 Å². The van der Waals surface area contributed by atoms with Crippen LogP contribution in [-0.4, -0.2) is 43.4 Å². The van der Waals surface area contributed by atoms with E-state index in [1.165, 1.54) is 0 Å². The summed E-state index contributed by atoms with van der Waals surface area (Å²) < 4.78 is 11.2. The third kappa shape index (κ3) is 3.28. The number of nitrogens with one attached hydrogen (secondary N) is 1. The highest BCUT2D eigenvalue weighted by Crippen LogP contribution is 2.26. The van der Waals surface area contributed by atoms with Crippen LogP contribution in [0, 0.1) is 0 Å². The number of aliphatic hydroxyl groups is 1. The van der Waals surface area contributed by atoms with E-state index in [1.807, 2.05) is 26.0 Å². The van der Waals surface area contributed by atoms with Gasteiger partial charge < -0.3 is 19.8 Å². The molecule has 2 rings (SSSR count). The highest BCUT2D eigenvalue weighted by atomic mass is 16.5. The standard InChI is InChI=1S/C16H24BNO4/c1-15(2,20)16(3,4)22-17-11-8-10-6-7-18-14(19)13(10)12(9-11)21-5/h8-9,17,20H,6-7H2,1-5H3,(H,18,19). The predicted molar refractivity (Wildman–Crippen MR) is 87.3 cm³/mol. The zero-order chi connectivity index (χ0) is 16.5. The first-order valence-corrected chi connectivity index (χ1v) is 7.50. The van der Waals surface area contributed by atoms with Crippen LogP contribution in [0.15, 0.2) is 12.1 Å². The molecule has 0 aromatic heterocycles. The first kappa shape index (κ1) is 16.8. The molecule has 0 radical (unpaired) electrons. The van der Waals surface area contributed by atoms with Crippen molar-refractivity contribution in [1.29, 1.82) is 0 Å². The Hall–Kier alpha value is -1.53. The van der Waals surface area contributed by atoms with Crippen molar-refractivity contribution >= 4 is 18.9 Å². The quantitative estimate of drug-likeness (QED) is 0.779. The van der Waals surface area contributed by atoms with Crippen molar-refractivity contribution in [3.63, 3.8) is 0 Å². The third-order valence-corrected chi connectivity index (χ3v) is 4.44. The molecule has 0 bridgehead atoms. The summed E-state index contributed by atoms with van der Waals surface area (Å²) in [6.07, 6.45) is 0.778. The van der Waals surface area contributed by atoms with Crippen LogP contribution in [0.5, 0.6) is 5.75 Å². The number of amides is 1. The lowest BCUT2D eigenvalue weighted by atomic mass is 9.80. The molecule has 0 aliphatic carbocycles. The second-order valence-corrected chi connectivity index (χ2v) is 6.70. The average Bonchev–Trinajstić information content (AvgIpc) is 2.43. The van der Waals surface area contributed by atoms with Crippen LogP contribution in [0.25, 0.3) is 0 Å². The smallest absolute Gasteiger partial charge is 0.309 e. The van der Waals surface area contributed by atoms with E-state index in [2.05, 4.69) is 5.32 Å². The monoisotopic (exact) mass is 305 g/mol. The maximum Gasteiger partial charge on any atom is 0.309 e. The summed E-state index contributed by atoms with van der Waals surface area (Å²) >= 11 is 0. The van der Waals surface area contributed by atoms with Gasteiger partial charge in [0.25, 0.3) is 5.91 Å². The fourth-order valence-corrected chi connectivity index (χ4v) is 2.28.